The van der Waals surface area contributed by atoms with Crippen molar-refractivity contribution < 1.29 is 18.3 Å². The van der Waals surface area contributed by atoms with E-state index in [1.165, 1.54) is 6.20 Å². The molecule has 0 aromatic carbocycles. The van der Waals surface area contributed by atoms with E-state index in [0.29, 0.717) is 22.6 Å². The summed E-state index contributed by atoms with van der Waals surface area (Å²) in [6.07, 6.45) is 3.58. The van der Waals surface area contributed by atoms with Gasteiger partial charge in [0.1, 0.15) is 0 Å². The zero-order valence-corrected chi connectivity index (χ0v) is 14.8. The second-order valence-corrected chi connectivity index (χ2v) is 7.09. The van der Waals surface area contributed by atoms with Gasteiger partial charge in [-0.1, -0.05) is 11.6 Å². The summed E-state index contributed by atoms with van der Waals surface area (Å²) in [6.45, 7) is -3.03. The molecule has 1 aliphatic heterocycles. The third-order valence-corrected chi connectivity index (χ3v) is 5.54. The van der Waals surface area contributed by atoms with Crippen molar-refractivity contribution >= 4 is 23.0 Å². The van der Waals surface area contributed by atoms with Gasteiger partial charge in [-0.05, 0) is 24.6 Å². The van der Waals surface area contributed by atoms with Gasteiger partial charge >= 0.3 is 6.61 Å². The van der Waals surface area contributed by atoms with Crippen LogP contribution in [0.25, 0.3) is 5.52 Å². The predicted molar refractivity (Wildman–Crippen MR) is 92.4 cm³/mol. The van der Waals surface area contributed by atoms with Crippen LogP contribution in [-0.2, 0) is 0 Å². The van der Waals surface area contributed by atoms with Crippen molar-refractivity contribution in [1.82, 2.24) is 19.5 Å². The number of fused-ring (bicyclic) bond motifs is 9. The third kappa shape index (κ3) is 2.26. The Morgan fingerprint density at radius 3 is 2.93 bits per heavy atom. The average molecular weight is 391 g/mol. The van der Waals surface area contributed by atoms with Crippen molar-refractivity contribution in [3.8, 4) is 5.88 Å². The van der Waals surface area contributed by atoms with E-state index in [1.54, 1.807) is 40.9 Å². The number of amides is 1. The Hall–Kier alpha value is -2.74. The van der Waals surface area contributed by atoms with Crippen LogP contribution in [0.15, 0.2) is 30.6 Å². The standard InChI is InChI=1S/C18H13ClF2N4O2/c1-24-12-7-10(14-11-6-8(19)3-5-25(11)23-15(12)14)13-9(17(24)26)2-4-22-16(13)27-18(20)21/h2-6,10,12,18H,7H2,1H3/t10-,12-/m1/s1. The first-order valence-corrected chi connectivity index (χ1v) is 8.72. The van der Waals surface area contributed by atoms with Gasteiger partial charge in [0.25, 0.3) is 5.91 Å². The molecule has 0 unspecified atom stereocenters. The fourth-order valence-corrected chi connectivity index (χ4v) is 4.36. The molecular formula is C18H13ClF2N4O2. The van der Waals surface area contributed by atoms with Crippen molar-refractivity contribution in [3.05, 3.63) is 58.0 Å². The van der Waals surface area contributed by atoms with E-state index in [1.807, 2.05) is 0 Å². The Kier molecular flexibility index (Phi) is 3.42. The van der Waals surface area contributed by atoms with E-state index in [4.69, 9.17) is 11.6 Å². The van der Waals surface area contributed by atoms with Gasteiger partial charge < -0.3 is 9.64 Å². The quantitative estimate of drug-likeness (QED) is 0.670. The fraction of sp³-hybridized carbons (Fsp3) is 0.278. The number of ether oxygens (including phenoxy) is 1. The van der Waals surface area contributed by atoms with Crippen molar-refractivity contribution in [2.45, 2.75) is 25.0 Å². The van der Waals surface area contributed by atoms with Crippen LogP contribution in [0.1, 0.15) is 45.6 Å². The van der Waals surface area contributed by atoms with Crippen LogP contribution >= 0.6 is 11.6 Å². The van der Waals surface area contributed by atoms with E-state index < -0.39 is 6.61 Å². The minimum absolute atomic E-state index is 0.218. The van der Waals surface area contributed by atoms with E-state index in [2.05, 4.69) is 14.8 Å². The summed E-state index contributed by atoms with van der Waals surface area (Å²) in [5.41, 5.74) is 3.10. The van der Waals surface area contributed by atoms with Gasteiger partial charge in [0.15, 0.2) is 0 Å². The van der Waals surface area contributed by atoms with E-state index in [0.717, 1.165) is 16.8 Å². The fourth-order valence-electron chi connectivity index (χ4n) is 4.20. The van der Waals surface area contributed by atoms with Gasteiger partial charge in [0, 0.05) is 41.5 Å². The molecule has 1 amide bonds. The lowest BCUT2D eigenvalue weighted by Crippen LogP contribution is -2.30. The summed E-state index contributed by atoms with van der Waals surface area (Å²) in [5.74, 6) is -0.823. The number of carbonyl (C=O) groups excluding carboxylic acids is 1. The number of aromatic nitrogens is 3. The maximum Gasteiger partial charge on any atom is 0.388 e. The molecule has 2 bridgehead atoms. The molecule has 3 aromatic heterocycles. The highest BCUT2D eigenvalue weighted by molar-refractivity contribution is 6.30. The van der Waals surface area contributed by atoms with Crippen LogP contribution in [-0.4, -0.2) is 39.1 Å². The zero-order chi connectivity index (χ0) is 18.9. The number of pyridine rings is 2. The highest BCUT2D eigenvalue weighted by Crippen LogP contribution is 2.53. The Morgan fingerprint density at radius 1 is 1.33 bits per heavy atom. The summed E-state index contributed by atoms with van der Waals surface area (Å²) in [4.78, 5) is 18.5. The molecule has 0 fully saturated rings. The molecule has 4 heterocycles. The van der Waals surface area contributed by atoms with Crippen LogP contribution < -0.4 is 4.74 Å². The van der Waals surface area contributed by atoms with Crippen molar-refractivity contribution in [2.75, 3.05) is 7.05 Å². The summed E-state index contributed by atoms with van der Waals surface area (Å²) < 4.78 is 32.3. The molecule has 1 aliphatic carbocycles. The Balaban J connectivity index is 1.82. The van der Waals surface area contributed by atoms with Gasteiger partial charge in [-0.3, -0.25) is 4.79 Å². The molecule has 0 saturated carbocycles. The molecule has 2 aliphatic rings. The number of halogens is 3. The number of alkyl halides is 2. The summed E-state index contributed by atoms with van der Waals surface area (Å²) in [7, 11) is 1.69. The molecule has 0 N–H and O–H groups in total. The van der Waals surface area contributed by atoms with Crippen LogP contribution in [0.5, 0.6) is 5.88 Å². The van der Waals surface area contributed by atoms with Crippen LogP contribution in [0, 0.1) is 0 Å². The van der Waals surface area contributed by atoms with Crippen LogP contribution in [0.4, 0.5) is 8.78 Å². The average Bonchev–Trinajstić information content (AvgIpc) is 3.14. The lowest BCUT2D eigenvalue weighted by atomic mass is 9.90. The first kappa shape index (κ1) is 16.4. The molecule has 3 aromatic rings. The number of rotatable bonds is 2. The van der Waals surface area contributed by atoms with E-state index in [-0.39, 0.29) is 23.7 Å². The van der Waals surface area contributed by atoms with E-state index in [9.17, 15) is 13.6 Å². The highest BCUT2D eigenvalue weighted by Gasteiger charge is 2.46. The molecule has 0 radical (unpaired) electrons. The van der Waals surface area contributed by atoms with Crippen LogP contribution in [0.2, 0.25) is 5.02 Å². The van der Waals surface area contributed by atoms with Gasteiger partial charge in [-0.25, -0.2) is 9.50 Å². The predicted octanol–water partition coefficient (Wildman–Crippen LogP) is 3.65. The molecule has 0 spiro atoms. The molecule has 27 heavy (non-hydrogen) atoms. The van der Waals surface area contributed by atoms with E-state index >= 15 is 0 Å². The third-order valence-electron chi connectivity index (χ3n) is 5.31. The van der Waals surface area contributed by atoms with Gasteiger partial charge in [-0.2, -0.15) is 13.9 Å². The molecule has 138 valence electrons. The van der Waals surface area contributed by atoms with Crippen LogP contribution in [0.3, 0.4) is 0 Å². The van der Waals surface area contributed by atoms with Gasteiger partial charge in [0.05, 0.1) is 22.8 Å². The maximum absolute atomic E-state index is 13.0. The van der Waals surface area contributed by atoms with Gasteiger partial charge in [-0.15, -0.1) is 0 Å². The molecular weight excluding hydrogens is 378 g/mol. The zero-order valence-electron chi connectivity index (χ0n) is 14.1. The number of carbonyl (C=O) groups is 1. The Bertz CT molecular complexity index is 1100. The normalized spacial score (nSPS) is 20.8. The second kappa shape index (κ2) is 5.63. The lowest BCUT2D eigenvalue weighted by molar-refractivity contribution is -0.0536. The topological polar surface area (TPSA) is 59.7 Å². The largest absolute Gasteiger partial charge is 0.417 e. The minimum Gasteiger partial charge on any atom is -0.417 e. The number of nitrogens with zero attached hydrogens (tertiary/aromatic N) is 4. The SMILES string of the molecule is CN1C(=O)c2ccnc(OC(F)F)c2[C@H]2C[C@@H]1c1nn3ccc(Cl)cc3c12. The summed E-state index contributed by atoms with van der Waals surface area (Å²) in [5, 5.41) is 5.17. The molecule has 9 heteroatoms. The van der Waals surface area contributed by atoms with Crippen molar-refractivity contribution in [1.29, 1.82) is 0 Å². The second-order valence-electron chi connectivity index (χ2n) is 6.65. The molecule has 6 nitrogen and oxygen atoms in total. The smallest absolute Gasteiger partial charge is 0.388 e. The number of hydrogen-bond acceptors (Lipinski definition) is 4. The molecule has 2 atom stereocenters. The summed E-state index contributed by atoms with van der Waals surface area (Å²) >= 11 is 6.16. The van der Waals surface area contributed by atoms with Gasteiger partial charge in [0.2, 0.25) is 5.88 Å². The Labute approximate surface area is 157 Å². The highest BCUT2D eigenvalue weighted by atomic mass is 35.5. The Morgan fingerprint density at radius 2 is 2.15 bits per heavy atom. The number of hydrogen-bond donors (Lipinski definition) is 0. The maximum atomic E-state index is 13.0. The first-order valence-electron chi connectivity index (χ1n) is 8.34. The van der Waals surface area contributed by atoms with Crippen molar-refractivity contribution in [3.63, 3.8) is 0 Å². The lowest BCUT2D eigenvalue weighted by Gasteiger charge is -2.23. The van der Waals surface area contributed by atoms with Crippen molar-refractivity contribution in [2.24, 2.45) is 0 Å². The first-order chi connectivity index (χ1) is 13.0. The minimum atomic E-state index is -3.03. The monoisotopic (exact) mass is 390 g/mol. The molecule has 5 rings (SSSR count). The molecule has 0 saturated heterocycles. The summed E-state index contributed by atoms with van der Waals surface area (Å²) in [6, 6.07) is 4.79.